The Labute approximate surface area is 158 Å². The number of aryl methyl sites for hydroxylation is 1. The number of carbonyl (C=O) groups excluding carboxylic acids is 3. The molecule has 0 spiro atoms. The van der Waals surface area contributed by atoms with E-state index in [4.69, 9.17) is 0 Å². The highest BCUT2D eigenvalue weighted by molar-refractivity contribution is 9.10. The third kappa shape index (κ3) is 2.54. The van der Waals surface area contributed by atoms with Gasteiger partial charge in [-0.15, -0.1) is 0 Å². The largest absolute Gasteiger partial charge is 0.290 e. The molecule has 0 unspecified atom stereocenters. The molecule has 4 rings (SSSR count). The molecule has 0 atom stereocenters. The minimum atomic E-state index is -0.237. The van der Waals surface area contributed by atoms with Gasteiger partial charge in [0, 0.05) is 21.2 Å². The normalized spacial score (nSPS) is 12.7. The van der Waals surface area contributed by atoms with Crippen molar-refractivity contribution in [2.75, 3.05) is 0 Å². The lowest BCUT2D eigenvalue weighted by atomic mass is 9.90. The number of imidazole rings is 1. The molecule has 5 nitrogen and oxygen atoms in total. The van der Waals surface area contributed by atoms with Crippen molar-refractivity contribution < 1.29 is 19.0 Å². The second-order valence-electron chi connectivity index (χ2n) is 6.19. The average Bonchev–Trinajstić information content (AvgIpc) is 2.96. The van der Waals surface area contributed by atoms with Crippen LogP contribution in [0.2, 0.25) is 0 Å². The smallest absolute Gasteiger partial charge is 0.245 e. The zero-order valence-corrected chi connectivity index (χ0v) is 15.5. The molecule has 1 aliphatic rings. The lowest BCUT2D eigenvalue weighted by Gasteiger charge is -2.12. The monoisotopic (exact) mass is 409 g/mol. The number of benzene rings is 2. The highest BCUT2D eigenvalue weighted by Crippen LogP contribution is 2.25. The van der Waals surface area contributed by atoms with E-state index in [0.717, 1.165) is 4.47 Å². The van der Waals surface area contributed by atoms with Gasteiger partial charge in [-0.05, 0) is 12.1 Å². The van der Waals surface area contributed by atoms with Gasteiger partial charge in [-0.2, -0.15) is 0 Å². The SMILES string of the molecule is C[n+]1cn(CC(=O)c2ccc(Br)cc2)c2c1C(=O)c1ccccc1C2=O. The van der Waals surface area contributed by atoms with Crippen molar-refractivity contribution in [2.45, 2.75) is 6.54 Å². The fourth-order valence-corrected chi connectivity index (χ4v) is 3.53. The summed E-state index contributed by atoms with van der Waals surface area (Å²) in [5, 5.41) is 0. The minimum absolute atomic E-state index is 0.00794. The first kappa shape index (κ1) is 16.6. The van der Waals surface area contributed by atoms with E-state index in [0.29, 0.717) is 22.4 Å². The second kappa shape index (κ2) is 6.14. The van der Waals surface area contributed by atoms with Crippen molar-refractivity contribution in [1.82, 2.24) is 4.57 Å². The molecule has 2 aromatic carbocycles. The predicted molar refractivity (Wildman–Crippen MR) is 97.4 cm³/mol. The molecule has 0 amide bonds. The van der Waals surface area contributed by atoms with Crippen molar-refractivity contribution >= 4 is 33.3 Å². The number of fused-ring (bicyclic) bond motifs is 2. The maximum atomic E-state index is 12.9. The molecule has 6 heteroatoms. The number of rotatable bonds is 3. The molecule has 1 aromatic heterocycles. The molecule has 1 aliphatic carbocycles. The summed E-state index contributed by atoms with van der Waals surface area (Å²) in [5.74, 6) is -0.568. The van der Waals surface area contributed by atoms with E-state index in [2.05, 4.69) is 15.9 Å². The molecule has 0 N–H and O–H groups in total. The zero-order chi connectivity index (χ0) is 18.4. The number of halogens is 1. The van der Waals surface area contributed by atoms with Crippen LogP contribution in [-0.2, 0) is 13.6 Å². The van der Waals surface area contributed by atoms with Crippen LogP contribution in [0.15, 0.2) is 59.3 Å². The van der Waals surface area contributed by atoms with Gasteiger partial charge in [-0.3, -0.25) is 14.4 Å². The number of nitrogens with zero attached hydrogens (tertiary/aromatic N) is 2. The Morgan fingerprint density at radius 2 is 1.62 bits per heavy atom. The maximum Gasteiger partial charge on any atom is 0.245 e. The first-order chi connectivity index (χ1) is 12.5. The summed E-state index contributed by atoms with van der Waals surface area (Å²) in [6, 6.07) is 13.8. The molecule has 1 heterocycles. The molecular formula is C20H14BrN2O3+. The Balaban J connectivity index is 1.76. The fourth-order valence-electron chi connectivity index (χ4n) is 3.27. The zero-order valence-electron chi connectivity index (χ0n) is 13.9. The standard InChI is InChI=1S/C20H14BrN2O3/c1-22-11-23(10-16(24)12-6-8-13(21)9-7-12)18-17(22)19(25)14-4-2-3-5-15(14)20(18)26/h2-9,11H,10H2,1H3/q+1. The van der Waals surface area contributed by atoms with Crippen molar-refractivity contribution in [3.63, 3.8) is 0 Å². The van der Waals surface area contributed by atoms with Gasteiger partial charge in [0.2, 0.25) is 35.1 Å². The number of hydrogen-bond acceptors (Lipinski definition) is 3. The first-order valence-corrected chi connectivity index (χ1v) is 8.82. The van der Waals surface area contributed by atoms with Crippen LogP contribution in [0.1, 0.15) is 42.5 Å². The Morgan fingerprint density at radius 3 is 2.27 bits per heavy atom. The van der Waals surface area contributed by atoms with Gasteiger partial charge in [-0.25, -0.2) is 9.13 Å². The first-order valence-electron chi connectivity index (χ1n) is 8.03. The summed E-state index contributed by atoms with van der Waals surface area (Å²) in [6.07, 6.45) is 1.63. The van der Waals surface area contributed by atoms with Crippen molar-refractivity contribution in [1.29, 1.82) is 0 Å². The van der Waals surface area contributed by atoms with Crippen LogP contribution in [-0.4, -0.2) is 21.9 Å². The highest BCUT2D eigenvalue weighted by atomic mass is 79.9. The van der Waals surface area contributed by atoms with E-state index in [1.807, 2.05) is 0 Å². The topological polar surface area (TPSA) is 60.0 Å². The van der Waals surface area contributed by atoms with E-state index < -0.39 is 0 Å². The van der Waals surface area contributed by atoms with Gasteiger partial charge in [0.25, 0.3) is 0 Å². The summed E-state index contributed by atoms with van der Waals surface area (Å²) in [4.78, 5) is 38.4. The molecular weight excluding hydrogens is 396 g/mol. The fraction of sp³-hybridized carbons (Fsp3) is 0.100. The van der Waals surface area contributed by atoms with Crippen LogP contribution in [0.25, 0.3) is 0 Å². The molecule has 0 bridgehead atoms. The summed E-state index contributed by atoms with van der Waals surface area (Å²) in [7, 11) is 1.71. The van der Waals surface area contributed by atoms with E-state index in [-0.39, 0.29) is 29.6 Å². The van der Waals surface area contributed by atoms with Crippen LogP contribution in [0.3, 0.4) is 0 Å². The molecule has 128 valence electrons. The summed E-state index contributed by atoms with van der Waals surface area (Å²) in [5.41, 5.74) is 1.91. The highest BCUT2D eigenvalue weighted by Gasteiger charge is 2.40. The quantitative estimate of drug-likeness (QED) is 0.386. The van der Waals surface area contributed by atoms with E-state index >= 15 is 0 Å². The third-order valence-corrected chi connectivity index (χ3v) is 5.03. The van der Waals surface area contributed by atoms with Crippen molar-refractivity contribution in [2.24, 2.45) is 7.05 Å². The Hall–Kier alpha value is -2.86. The van der Waals surface area contributed by atoms with Gasteiger partial charge in [0.1, 0.15) is 0 Å². The van der Waals surface area contributed by atoms with E-state index in [9.17, 15) is 14.4 Å². The number of Topliss-reactive ketones (excluding diaryl/α,β-unsaturated/α-hetero) is 1. The molecule has 0 saturated heterocycles. The third-order valence-electron chi connectivity index (χ3n) is 4.50. The van der Waals surface area contributed by atoms with Crippen LogP contribution in [0.4, 0.5) is 0 Å². The average molecular weight is 410 g/mol. The lowest BCUT2D eigenvalue weighted by molar-refractivity contribution is -0.672. The van der Waals surface area contributed by atoms with Crippen LogP contribution < -0.4 is 4.57 Å². The predicted octanol–water partition coefficient (Wildman–Crippen LogP) is 2.73. The van der Waals surface area contributed by atoms with Crippen molar-refractivity contribution in [3.8, 4) is 0 Å². The molecule has 3 aromatic rings. The minimum Gasteiger partial charge on any atom is -0.290 e. The van der Waals surface area contributed by atoms with Gasteiger partial charge in [0.15, 0.2) is 6.54 Å². The van der Waals surface area contributed by atoms with Gasteiger partial charge < -0.3 is 0 Å². The molecule has 0 fully saturated rings. The van der Waals surface area contributed by atoms with Gasteiger partial charge in [0.05, 0.1) is 7.05 Å². The summed E-state index contributed by atoms with van der Waals surface area (Å²) >= 11 is 3.34. The molecule has 0 saturated carbocycles. The Morgan fingerprint density at radius 1 is 1.00 bits per heavy atom. The molecule has 0 aliphatic heterocycles. The Kier molecular flexibility index (Phi) is 3.92. The number of hydrogen-bond donors (Lipinski definition) is 0. The van der Waals surface area contributed by atoms with Crippen LogP contribution >= 0.6 is 15.9 Å². The summed E-state index contributed by atoms with van der Waals surface area (Å²) in [6.45, 7) is -0.00794. The van der Waals surface area contributed by atoms with E-state index in [1.165, 1.54) is 0 Å². The molecule has 26 heavy (non-hydrogen) atoms. The maximum absolute atomic E-state index is 12.9. The van der Waals surface area contributed by atoms with Crippen LogP contribution in [0.5, 0.6) is 0 Å². The lowest BCUT2D eigenvalue weighted by Crippen LogP contribution is -2.36. The van der Waals surface area contributed by atoms with Gasteiger partial charge >= 0.3 is 0 Å². The molecule has 0 radical (unpaired) electrons. The van der Waals surface area contributed by atoms with Crippen LogP contribution in [0, 0.1) is 0 Å². The number of aromatic nitrogens is 2. The second-order valence-corrected chi connectivity index (χ2v) is 7.10. The van der Waals surface area contributed by atoms with E-state index in [1.54, 1.807) is 71.0 Å². The number of ketones is 3. The number of carbonyl (C=O) groups is 3. The summed E-state index contributed by atoms with van der Waals surface area (Å²) < 4.78 is 4.06. The van der Waals surface area contributed by atoms with Crippen molar-refractivity contribution in [3.05, 3.63) is 87.4 Å². The van der Waals surface area contributed by atoms with Gasteiger partial charge in [-0.1, -0.05) is 52.3 Å². The Bertz CT molecular complexity index is 1080.